The molecule has 0 spiro atoms. The number of hydrogen-bond acceptors (Lipinski definition) is 6. The first-order valence-electron chi connectivity index (χ1n) is 6.09. The number of rotatable bonds is 5. The van der Waals surface area contributed by atoms with Crippen LogP contribution in [0.1, 0.15) is 24.9 Å². The molecule has 2 unspecified atom stereocenters. The van der Waals surface area contributed by atoms with Gasteiger partial charge in [0.2, 0.25) is 0 Å². The van der Waals surface area contributed by atoms with Crippen LogP contribution in [0.5, 0.6) is 0 Å². The molecule has 0 radical (unpaired) electrons. The number of thiophene rings is 1. The molecule has 0 bridgehead atoms. The summed E-state index contributed by atoms with van der Waals surface area (Å²) in [6.45, 7) is 2.64. The average molecular weight is 304 g/mol. The van der Waals surface area contributed by atoms with Crippen molar-refractivity contribution in [2.75, 3.05) is 18.1 Å². The van der Waals surface area contributed by atoms with Gasteiger partial charge in [0.15, 0.2) is 9.84 Å². The molecule has 8 heteroatoms. The van der Waals surface area contributed by atoms with Crippen molar-refractivity contribution in [1.82, 2.24) is 5.32 Å². The third kappa shape index (κ3) is 3.31. The summed E-state index contributed by atoms with van der Waals surface area (Å²) in [5, 5.41) is 15.8. The van der Waals surface area contributed by atoms with Gasteiger partial charge in [-0.05, 0) is 24.4 Å². The molecule has 1 aromatic rings. The van der Waals surface area contributed by atoms with E-state index in [9.17, 15) is 18.5 Å². The molecule has 2 heterocycles. The molecule has 0 amide bonds. The Hall–Kier alpha value is -0.990. The summed E-state index contributed by atoms with van der Waals surface area (Å²) in [7, 11) is -2.95. The fourth-order valence-electron chi connectivity index (χ4n) is 2.46. The minimum absolute atomic E-state index is 0.000783. The molecular formula is C11H16N2O4S2. The van der Waals surface area contributed by atoms with Crippen LogP contribution in [0.25, 0.3) is 0 Å². The van der Waals surface area contributed by atoms with Crippen LogP contribution in [-0.4, -0.2) is 31.4 Å². The van der Waals surface area contributed by atoms with Crippen LogP contribution < -0.4 is 5.32 Å². The highest BCUT2D eigenvalue weighted by atomic mass is 32.2. The van der Waals surface area contributed by atoms with Crippen LogP contribution >= 0.6 is 11.3 Å². The second-order valence-electron chi connectivity index (χ2n) is 4.67. The van der Waals surface area contributed by atoms with Crippen molar-refractivity contribution < 1.29 is 13.3 Å². The lowest BCUT2D eigenvalue weighted by atomic mass is 9.94. The standard InChI is InChI=1S/C11H16N2O4S2/c1-2-12-11(8-3-4-19(16,17)7-8)9-5-10(13(14)15)18-6-9/h5-6,8,11-12H,2-4,7H2,1H3. The number of hydrogen-bond donors (Lipinski definition) is 1. The Balaban J connectivity index is 2.22. The molecule has 1 aliphatic heterocycles. The zero-order valence-corrected chi connectivity index (χ0v) is 12.2. The molecule has 1 saturated heterocycles. The molecule has 1 aromatic heterocycles. The molecular weight excluding hydrogens is 288 g/mol. The molecule has 0 aromatic carbocycles. The second kappa shape index (κ2) is 5.56. The van der Waals surface area contributed by atoms with Crippen LogP contribution in [-0.2, 0) is 9.84 Å². The predicted molar refractivity (Wildman–Crippen MR) is 74.2 cm³/mol. The van der Waals surface area contributed by atoms with Crippen molar-refractivity contribution in [3.05, 3.63) is 27.1 Å². The van der Waals surface area contributed by atoms with Crippen molar-refractivity contribution in [2.45, 2.75) is 19.4 Å². The molecule has 1 aliphatic rings. The molecule has 2 atom stereocenters. The number of sulfone groups is 1. The largest absolute Gasteiger partial charge is 0.324 e. The first-order valence-corrected chi connectivity index (χ1v) is 8.79. The van der Waals surface area contributed by atoms with E-state index in [1.807, 2.05) is 6.92 Å². The Bertz CT molecular complexity index is 567. The third-order valence-corrected chi connectivity index (χ3v) is 6.00. The lowest BCUT2D eigenvalue weighted by molar-refractivity contribution is -0.380. The van der Waals surface area contributed by atoms with E-state index < -0.39 is 14.8 Å². The summed E-state index contributed by atoms with van der Waals surface area (Å²) in [4.78, 5) is 10.3. The highest BCUT2D eigenvalue weighted by Gasteiger charge is 2.35. The summed E-state index contributed by atoms with van der Waals surface area (Å²) >= 11 is 1.08. The van der Waals surface area contributed by atoms with Gasteiger partial charge in [0.1, 0.15) is 0 Å². The van der Waals surface area contributed by atoms with Gasteiger partial charge in [0.25, 0.3) is 0 Å². The lowest BCUT2D eigenvalue weighted by Crippen LogP contribution is -2.28. The minimum atomic E-state index is -2.95. The first kappa shape index (κ1) is 14.4. The number of nitrogens with zero attached hydrogens (tertiary/aromatic N) is 1. The fraction of sp³-hybridized carbons (Fsp3) is 0.636. The highest BCUT2D eigenvalue weighted by molar-refractivity contribution is 7.91. The normalized spacial score (nSPS) is 23.3. The first-order chi connectivity index (χ1) is 8.93. The van der Waals surface area contributed by atoms with E-state index in [1.165, 1.54) is 0 Å². The number of nitrogens with one attached hydrogen (secondary N) is 1. The third-order valence-electron chi connectivity index (χ3n) is 3.31. The second-order valence-corrected chi connectivity index (χ2v) is 7.79. The van der Waals surface area contributed by atoms with Crippen molar-refractivity contribution in [2.24, 2.45) is 5.92 Å². The van der Waals surface area contributed by atoms with Gasteiger partial charge in [-0.3, -0.25) is 10.1 Å². The van der Waals surface area contributed by atoms with Crippen LogP contribution in [0.3, 0.4) is 0 Å². The number of nitro groups is 1. The van der Waals surface area contributed by atoms with Gasteiger partial charge in [-0.2, -0.15) is 0 Å². The van der Waals surface area contributed by atoms with E-state index in [-0.39, 0.29) is 28.5 Å². The van der Waals surface area contributed by atoms with Gasteiger partial charge in [0.05, 0.1) is 16.4 Å². The van der Waals surface area contributed by atoms with Gasteiger partial charge in [0, 0.05) is 17.5 Å². The van der Waals surface area contributed by atoms with Crippen molar-refractivity contribution in [3.63, 3.8) is 0 Å². The molecule has 2 rings (SSSR count). The van der Waals surface area contributed by atoms with Crippen LogP contribution in [0.4, 0.5) is 5.00 Å². The molecule has 19 heavy (non-hydrogen) atoms. The maximum absolute atomic E-state index is 11.6. The van der Waals surface area contributed by atoms with Gasteiger partial charge < -0.3 is 5.32 Å². The summed E-state index contributed by atoms with van der Waals surface area (Å²) in [5.74, 6) is 0.374. The SMILES string of the molecule is CCNC(c1csc([N+](=O)[O-])c1)C1CCS(=O)(=O)C1. The van der Waals surface area contributed by atoms with E-state index in [2.05, 4.69) is 5.32 Å². The lowest BCUT2D eigenvalue weighted by Gasteiger charge is -2.22. The molecule has 0 aliphatic carbocycles. The molecule has 106 valence electrons. The van der Waals surface area contributed by atoms with E-state index in [0.717, 1.165) is 16.9 Å². The molecule has 6 nitrogen and oxygen atoms in total. The monoisotopic (exact) mass is 304 g/mol. The van der Waals surface area contributed by atoms with Gasteiger partial charge in [-0.15, -0.1) is 0 Å². The molecule has 1 fully saturated rings. The van der Waals surface area contributed by atoms with Gasteiger partial charge in [-0.1, -0.05) is 18.3 Å². The van der Waals surface area contributed by atoms with Crippen molar-refractivity contribution in [1.29, 1.82) is 0 Å². The van der Waals surface area contributed by atoms with Crippen LogP contribution in [0.15, 0.2) is 11.4 Å². The van der Waals surface area contributed by atoms with Crippen LogP contribution in [0, 0.1) is 16.0 Å². The van der Waals surface area contributed by atoms with Crippen molar-refractivity contribution in [3.8, 4) is 0 Å². The minimum Gasteiger partial charge on any atom is -0.310 e. The summed E-state index contributed by atoms with van der Waals surface area (Å²) in [6.07, 6.45) is 0.615. The van der Waals surface area contributed by atoms with Gasteiger partial charge >= 0.3 is 5.00 Å². The maximum Gasteiger partial charge on any atom is 0.324 e. The predicted octanol–water partition coefficient (Wildman–Crippen LogP) is 1.74. The Labute approximate surface area is 115 Å². The Morgan fingerprint density at radius 2 is 2.37 bits per heavy atom. The average Bonchev–Trinajstić information content (AvgIpc) is 2.92. The van der Waals surface area contributed by atoms with E-state index in [0.29, 0.717) is 13.0 Å². The zero-order chi connectivity index (χ0) is 14.0. The summed E-state index contributed by atoms with van der Waals surface area (Å²) in [5.41, 5.74) is 0.820. The quantitative estimate of drug-likeness (QED) is 0.661. The fourth-order valence-corrected chi connectivity index (χ4v) is 5.06. The van der Waals surface area contributed by atoms with E-state index >= 15 is 0 Å². The molecule has 0 saturated carbocycles. The summed E-state index contributed by atoms with van der Waals surface area (Å²) < 4.78 is 23.1. The van der Waals surface area contributed by atoms with Crippen LogP contribution in [0.2, 0.25) is 0 Å². The maximum atomic E-state index is 11.6. The van der Waals surface area contributed by atoms with Gasteiger partial charge in [-0.25, -0.2) is 8.42 Å². The Morgan fingerprint density at radius 3 is 2.84 bits per heavy atom. The Morgan fingerprint density at radius 1 is 1.63 bits per heavy atom. The highest BCUT2D eigenvalue weighted by Crippen LogP contribution is 2.35. The van der Waals surface area contributed by atoms with E-state index in [1.54, 1.807) is 11.4 Å². The van der Waals surface area contributed by atoms with Crippen molar-refractivity contribution >= 4 is 26.2 Å². The van der Waals surface area contributed by atoms with E-state index in [4.69, 9.17) is 0 Å². The molecule has 1 N–H and O–H groups in total. The topological polar surface area (TPSA) is 89.3 Å². The smallest absolute Gasteiger partial charge is 0.310 e. The summed E-state index contributed by atoms with van der Waals surface area (Å²) in [6, 6.07) is 1.43. The Kier molecular flexibility index (Phi) is 4.22. The zero-order valence-electron chi connectivity index (χ0n) is 10.5.